The van der Waals surface area contributed by atoms with Crippen molar-refractivity contribution >= 4 is 17.7 Å². The fraction of sp³-hybridized carbons (Fsp3) is 0.381. The maximum absolute atomic E-state index is 12.4. The molecular weight excluding hydrogens is 346 g/mol. The Balaban J connectivity index is 1.77. The fourth-order valence-electron chi connectivity index (χ4n) is 2.52. The molecule has 2 unspecified atom stereocenters. The predicted octanol–water partition coefficient (Wildman–Crippen LogP) is 4.32. The van der Waals surface area contributed by atoms with E-state index in [2.05, 4.69) is 17.4 Å². The van der Waals surface area contributed by atoms with Crippen LogP contribution in [-0.4, -0.2) is 31.4 Å². The Morgan fingerprint density at radius 2 is 1.50 bits per heavy atom. The zero-order chi connectivity index (χ0) is 18.9. The third-order valence-electron chi connectivity index (χ3n) is 4.16. The van der Waals surface area contributed by atoms with Crippen molar-refractivity contribution < 1.29 is 14.3 Å². The molecule has 0 bridgehead atoms. The van der Waals surface area contributed by atoms with E-state index in [1.54, 1.807) is 26.0 Å². The summed E-state index contributed by atoms with van der Waals surface area (Å²) in [6, 6.07) is 15.9. The minimum Gasteiger partial charge on any atom is -0.497 e. The van der Waals surface area contributed by atoms with Gasteiger partial charge in [0.15, 0.2) is 0 Å². The van der Waals surface area contributed by atoms with Crippen LogP contribution in [-0.2, 0) is 11.2 Å². The van der Waals surface area contributed by atoms with Crippen LogP contribution >= 0.6 is 11.8 Å². The third kappa shape index (κ3) is 6.30. The molecule has 26 heavy (non-hydrogen) atoms. The Morgan fingerprint density at radius 1 is 0.962 bits per heavy atom. The van der Waals surface area contributed by atoms with Crippen molar-refractivity contribution in [2.75, 3.05) is 14.2 Å². The number of hydrogen-bond acceptors (Lipinski definition) is 4. The van der Waals surface area contributed by atoms with Gasteiger partial charge >= 0.3 is 0 Å². The second-order valence-electron chi connectivity index (χ2n) is 6.23. The van der Waals surface area contributed by atoms with Crippen molar-refractivity contribution in [3.63, 3.8) is 0 Å². The first-order chi connectivity index (χ1) is 12.5. The summed E-state index contributed by atoms with van der Waals surface area (Å²) in [4.78, 5) is 13.5. The van der Waals surface area contributed by atoms with Gasteiger partial charge in [-0.2, -0.15) is 0 Å². The van der Waals surface area contributed by atoms with Gasteiger partial charge in [-0.15, -0.1) is 11.8 Å². The molecule has 1 amide bonds. The smallest absolute Gasteiger partial charge is 0.233 e. The SMILES string of the molecule is COc1ccc(CCC(C)NC(=O)C(C)Sc2ccc(OC)cc2)cc1. The summed E-state index contributed by atoms with van der Waals surface area (Å²) in [5.74, 6) is 1.74. The lowest BCUT2D eigenvalue weighted by Gasteiger charge is -2.17. The molecule has 2 atom stereocenters. The molecule has 0 saturated carbocycles. The Labute approximate surface area is 160 Å². The molecule has 140 valence electrons. The van der Waals surface area contributed by atoms with Gasteiger partial charge in [0, 0.05) is 10.9 Å². The van der Waals surface area contributed by atoms with Gasteiger partial charge in [0.2, 0.25) is 5.91 Å². The van der Waals surface area contributed by atoms with Gasteiger partial charge in [0.05, 0.1) is 19.5 Å². The highest BCUT2D eigenvalue weighted by atomic mass is 32.2. The molecule has 2 aromatic carbocycles. The molecule has 5 heteroatoms. The summed E-state index contributed by atoms with van der Waals surface area (Å²) in [5.41, 5.74) is 1.24. The van der Waals surface area contributed by atoms with Crippen LogP contribution in [0, 0.1) is 0 Å². The number of thioether (sulfide) groups is 1. The molecule has 0 heterocycles. The van der Waals surface area contributed by atoms with E-state index in [4.69, 9.17) is 9.47 Å². The van der Waals surface area contributed by atoms with Gasteiger partial charge in [-0.25, -0.2) is 0 Å². The quantitative estimate of drug-likeness (QED) is 0.665. The molecule has 0 fully saturated rings. The maximum Gasteiger partial charge on any atom is 0.233 e. The lowest BCUT2D eigenvalue weighted by molar-refractivity contribution is -0.120. The van der Waals surface area contributed by atoms with E-state index in [0.717, 1.165) is 29.2 Å². The molecule has 4 nitrogen and oxygen atoms in total. The summed E-state index contributed by atoms with van der Waals surface area (Å²) in [6.45, 7) is 3.98. The number of nitrogens with one attached hydrogen (secondary N) is 1. The molecule has 2 rings (SSSR count). The Bertz CT molecular complexity index is 685. The fourth-order valence-corrected chi connectivity index (χ4v) is 3.40. The second kappa shape index (κ2) is 10.1. The molecule has 0 aliphatic heterocycles. The van der Waals surface area contributed by atoms with Crippen molar-refractivity contribution in [3.8, 4) is 11.5 Å². The van der Waals surface area contributed by atoms with Crippen LogP contribution < -0.4 is 14.8 Å². The Hall–Kier alpha value is -2.14. The lowest BCUT2D eigenvalue weighted by atomic mass is 10.1. The molecule has 0 radical (unpaired) electrons. The minimum atomic E-state index is -0.146. The normalized spacial score (nSPS) is 12.9. The predicted molar refractivity (Wildman–Crippen MR) is 107 cm³/mol. The minimum absolute atomic E-state index is 0.0630. The van der Waals surface area contributed by atoms with E-state index < -0.39 is 0 Å². The van der Waals surface area contributed by atoms with E-state index in [1.807, 2.05) is 50.2 Å². The molecule has 0 aromatic heterocycles. The van der Waals surface area contributed by atoms with E-state index in [-0.39, 0.29) is 17.2 Å². The third-order valence-corrected chi connectivity index (χ3v) is 5.27. The van der Waals surface area contributed by atoms with Crippen LogP contribution in [0.5, 0.6) is 11.5 Å². The highest BCUT2D eigenvalue weighted by molar-refractivity contribution is 8.00. The van der Waals surface area contributed by atoms with Gasteiger partial charge in [0.25, 0.3) is 0 Å². The molecule has 0 saturated heterocycles. The van der Waals surface area contributed by atoms with Crippen LogP contribution in [0.3, 0.4) is 0 Å². The van der Waals surface area contributed by atoms with Crippen LogP contribution in [0.1, 0.15) is 25.8 Å². The van der Waals surface area contributed by atoms with Crippen molar-refractivity contribution in [3.05, 3.63) is 54.1 Å². The number of rotatable bonds is 9. The first-order valence-corrected chi connectivity index (χ1v) is 9.63. The van der Waals surface area contributed by atoms with Gasteiger partial charge in [-0.1, -0.05) is 12.1 Å². The summed E-state index contributed by atoms with van der Waals surface area (Å²) in [6.07, 6.45) is 1.82. The van der Waals surface area contributed by atoms with Gasteiger partial charge < -0.3 is 14.8 Å². The Kier molecular flexibility index (Phi) is 7.85. The summed E-state index contributed by atoms with van der Waals surface area (Å²) in [5, 5.41) is 2.96. The van der Waals surface area contributed by atoms with Crippen LogP contribution in [0.15, 0.2) is 53.4 Å². The standard InChI is InChI=1S/C21H27NO3S/c1-15(5-6-17-7-9-18(24-3)10-8-17)22-21(23)16(2)26-20-13-11-19(25-4)12-14-20/h7-16H,5-6H2,1-4H3,(H,22,23). The summed E-state index contributed by atoms with van der Waals surface area (Å²) >= 11 is 1.55. The van der Waals surface area contributed by atoms with Crippen LogP contribution in [0.25, 0.3) is 0 Å². The summed E-state index contributed by atoms with van der Waals surface area (Å²) in [7, 11) is 3.31. The number of carbonyl (C=O) groups excluding carboxylic acids is 1. The topological polar surface area (TPSA) is 47.6 Å². The molecule has 1 N–H and O–H groups in total. The van der Waals surface area contributed by atoms with E-state index in [0.29, 0.717) is 0 Å². The maximum atomic E-state index is 12.4. The van der Waals surface area contributed by atoms with Crippen LogP contribution in [0.4, 0.5) is 0 Å². The van der Waals surface area contributed by atoms with Crippen molar-refractivity contribution in [1.29, 1.82) is 0 Å². The van der Waals surface area contributed by atoms with E-state index in [9.17, 15) is 4.79 Å². The van der Waals surface area contributed by atoms with Crippen molar-refractivity contribution in [2.24, 2.45) is 0 Å². The number of aryl methyl sites for hydroxylation is 1. The van der Waals surface area contributed by atoms with Crippen LogP contribution in [0.2, 0.25) is 0 Å². The monoisotopic (exact) mass is 373 g/mol. The zero-order valence-electron chi connectivity index (χ0n) is 15.8. The number of carbonyl (C=O) groups is 1. The number of hydrogen-bond donors (Lipinski definition) is 1. The molecule has 0 spiro atoms. The average molecular weight is 374 g/mol. The highest BCUT2D eigenvalue weighted by Gasteiger charge is 2.16. The van der Waals surface area contributed by atoms with E-state index in [1.165, 1.54) is 5.56 Å². The second-order valence-corrected chi connectivity index (χ2v) is 7.65. The molecular formula is C21H27NO3S. The summed E-state index contributed by atoms with van der Waals surface area (Å²) < 4.78 is 10.3. The van der Waals surface area contributed by atoms with Gasteiger partial charge in [0.1, 0.15) is 11.5 Å². The zero-order valence-corrected chi connectivity index (χ0v) is 16.6. The largest absolute Gasteiger partial charge is 0.497 e. The van der Waals surface area contributed by atoms with E-state index >= 15 is 0 Å². The molecule has 2 aromatic rings. The van der Waals surface area contributed by atoms with Gasteiger partial charge in [-0.05, 0) is 68.7 Å². The molecule has 0 aliphatic carbocycles. The van der Waals surface area contributed by atoms with Gasteiger partial charge in [-0.3, -0.25) is 4.79 Å². The first kappa shape index (κ1) is 20.2. The molecule has 0 aliphatic rings. The average Bonchev–Trinajstić information content (AvgIpc) is 2.67. The first-order valence-electron chi connectivity index (χ1n) is 8.76. The number of methoxy groups -OCH3 is 2. The Morgan fingerprint density at radius 3 is 2.04 bits per heavy atom. The van der Waals surface area contributed by atoms with Crippen molar-refractivity contribution in [1.82, 2.24) is 5.32 Å². The van der Waals surface area contributed by atoms with Crippen molar-refractivity contribution in [2.45, 2.75) is 42.9 Å². The highest BCUT2D eigenvalue weighted by Crippen LogP contribution is 2.25. The number of ether oxygens (including phenoxy) is 2. The number of benzene rings is 2. The lowest BCUT2D eigenvalue weighted by Crippen LogP contribution is -2.37. The number of amides is 1.